The number of pyridine rings is 1. The van der Waals surface area contributed by atoms with Gasteiger partial charge < -0.3 is 19.9 Å². The van der Waals surface area contributed by atoms with E-state index in [-0.39, 0.29) is 0 Å². The van der Waals surface area contributed by atoms with Gasteiger partial charge in [-0.2, -0.15) is 0 Å². The Bertz CT molecular complexity index is 1020. The number of thioether (sulfide) groups is 1. The summed E-state index contributed by atoms with van der Waals surface area (Å²) in [5.41, 5.74) is 3.07. The van der Waals surface area contributed by atoms with Crippen LogP contribution < -0.4 is 15.0 Å². The van der Waals surface area contributed by atoms with E-state index in [0.717, 1.165) is 60.7 Å². The lowest BCUT2D eigenvalue weighted by Crippen LogP contribution is -2.44. The zero-order valence-electron chi connectivity index (χ0n) is 19.6. The molecule has 3 heterocycles. The SMILES string of the molecule is CCOc1ccccc1[C@H](C)SCNc1cc(-c2ccc(N3CCN(C)CC3)nc2)ncn1. The van der Waals surface area contributed by atoms with E-state index in [0.29, 0.717) is 11.9 Å². The Labute approximate surface area is 200 Å². The van der Waals surface area contributed by atoms with E-state index in [2.05, 4.69) is 68.3 Å². The number of nitrogens with zero attached hydrogens (tertiary/aromatic N) is 5. The van der Waals surface area contributed by atoms with E-state index in [4.69, 9.17) is 4.74 Å². The minimum atomic E-state index is 0.299. The fraction of sp³-hybridized carbons (Fsp3) is 0.400. The number of likely N-dealkylation sites (N-methyl/N-ethyl adjacent to an activating group) is 1. The van der Waals surface area contributed by atoms with Crippen molar-refractivity contribution in [2.45, 2.75) is 19.1 Å². The number of anilines is 2. The highest BCUT2D eigenvalue weighted by molar-refractivity contribution is 7.99. The first-order valence-electron chi connectivity index (χ1n) is 11.4. The van der Waals surface area contributed by atoms with Crippen LogP contribution in [0, 0.1) is 0 Å². The summed E-state index contributed by atoms with van der Waals surface area (Å²) in [7, 11) is 2.16. The second-order valence-electron chi connectivity index (χ2n) is 8.08. The molecule has 0 unspecified atom stereocenters. The topological polar surface area (TPSA) is 66.4 Å². The maximum absolute atomic E-state index is 5.77. The second kappa shape index (κ2) is 11.3. The van der Waals surface area contributed by atoms with Crippen LogP contribution in [-0.2, 0) is 0 Å². The molecule has 0 bridgehead atoms. The first-order chi connectivity index (χ1) is 16.1. The normalized spacial score (nSPS) is 15.3. The molecule has 174 valence electrons. The van der Waals surface area contributed by atoms with E-state index in [1.165, 1.54) is 5.56 Å². The summed E-state index contributed by atoms with van der Waals surface area (Å²) in [6.45, 7) is 9.03. The summed E-state index contributed by atoms with van der Waals surface area (Å²) >= 11 is 1.81. The number of piperazine rings is 1. The van der Waals surface area contributed by atoms with Crippen molar-refractivity contribution in [3.8, 4) is 17.0 Å². The fourth-order valence-corrected chi connectivity index (χ4v) is 4.66. The van der Waals surface area contributed by atoms with Crippen LogP contribution in [0.5, 0.6) is 5.75 Å². The van der Waals surface area contributed by atoms with Crippen LogP contribution in [0.3, 0.4) is 0 Å². The van der Waals surface area contributed by atoms with Gasteiger partial charge in [0.05, 0.1) is 18.2 Å². The number of ether oxygens (including phenoxy) is 1. The molecule has 1 aliphatic heterocycles. The summed E-state index contributed by atoms with van der Waals surface area (Å²) in [5, 5.41) is 3.71. The van der Waals surface area contributed by atoms with Gasteiger partial charge in [-0.25, -0.2) is 15.0 Å². The van der Waals surface area contributed by atoms with Crippen LogP contribution in [0.4, 0.5) is 11.6 Å². The Kier molecular flexibility index (Phi) is 8.01. The third kappa shape index (κ3) is 6.15. The first kappa shape index (κ1) is 23.3. The summed E-state index contributed by atoms with van der Waals surface area (Å²) in [4.78, 5) is 18.2. The second-order valence-corrected chi connectivity index (χ2v) is 9.41. The lowest BCUT2D eigenvalue weighted by Gasteiger charge is -2.33. The number of rotatable bonds is 9. The molecule has 4 rings (SSSR count). The Morgan fingerprint density at radius 2 is 1.88 bits per heavy atom. The molecule has 0 radical (unpaired) electrons. The van der Waals surface area contributed by atoms with E-state index < -0.39 is 0 Å². The summed E-state index contributed by atoms with van der Waals surface area (Å²) in [6, 6.07) is 14.4. The van der Waals surface area contributed by atoms with Crippen LogP contribution in [0.1, 0.15) is 24.7 Å². The van der Waals surface area contributed by atoms with Crippen LogP contribution in [0.2, 0.25) is 0 Å². The van der Waals surface area contributed by atoms with Crippen LogP contribution in [0.25, 0.3) is 11.3 Å². The number of para-hydroxylation sites is 1. The minimum Gasteiger partial charge on any atom is -0.494 e. The maximum atomic E-state index is 5.77. The predicted octanol–water partition coefficient (Wildman–Crippen LogP) is 4.55. The van der Waals surface area contributed by atoms with Crippen molar-refractivity contribution in [1.29, 1.82) is 0 Å². The minimum absolute atomic E-state index is 0.299. The number of nitrogens with one attached hydrogen (secondary N) is 1. The van der Waals surface area contributed by atoms with Gasteiger partial charge in [0.25, 0.3) is 0 Å². The highest BCUT2D eigenvalue weighted by atomic mass is 32.2. The zero-order chi connectivity index (χ0) is 23.0. The van der Waals surface area contributed by atoms with Gasteiger partial charge in [-0.05, 0) is 39.1 Å². The van der Waals surface area contributed by atoms with Crippen molar-refractivity contribution >= 4 is 23.4 Å². The molecule has 0 saturated carbocycles. The molecule has 1 aliphatic rings. The Hall–Kier alpha value is -2.84. The van der Waals surface area contributed by atoms with E-state index in [1.54, 1.807) is 6.33 Å². The molecule has 1 saturated heterocycles. The van der Waals surface area contributed by atoms with Crippen molar-refractivity contribution in [3.05, 3.63) is 60.6 Å². The van der Waals surface area contributed by atoms with E-state index >= 15 is 0 Å². The highest BCUT2D eigenvalue weighted by Gasteiger charge is 2.15. The third-order valence-corrected chi connectivity index (χ3v) is 6.85. The summed E-state index contributed by atoms with van der Waals surface area (Å²) in [6.07, 6.45) is 3.51. The van der Waals surface area contributed by atoms with Crippen molar-refractivity contribution in [3.63, 3.8) is 0 Å². The maximum Gasteiger partial charge on any atom is 0.130 e. The van der Waals surface area contributed by atoms with Gasteiger partial charge in [-0.1, -0.05) is 18.2 Å². The standard InChI is InChI=1S/C25H32N6OS/c1-4-32-23-8-6-5-7-21(23)19(2)33-18-29-24-15-22(27-17-28-24)20-9-10-25(26-16-20)31-13-11-30(3)12-14-31/h5-10,15-17,19H,4,11-14,18H2,1-3H3,(H,27,28,29)/t19-/m0/s1. The quantitative estimate of drug-likeness (QED) is 0.463. The monoisotopic (exact) mass is 464 g/mol. The number of hydrogen-bond donors (Lipinski definition) is 1. The Balaban J connectivity index is 1.34. The molecule has 1 atom stereocenters. The van der Waals surface area contributed by atoms with Crippen molar-refractivity contribution in [1.82, 2.24) is 19.9 Å². The Morgan fingerprint density at radius 3 is 2.64 bits per heavy atom. The van der Waals surface area contributed by atoms with E-state index in [9.17, 15) is 0 Å². The third-order valence-electron chi connectivity index (χ3n) is 5.78. The molecule has 7 nitrogen and oxygen atoms in total. The van der Waals surface area contributed by atoms with Gasteiger partial charge in [0.1, 0.15) is 23.7 Å². The molecule has 0 aliphatic carbocycles. The smallest absolute Gasteiger partial charge is 0.130 e. The van der Waals surface area contributed by atoms with Gasteiger partial charge in [0, 0.05) is 54.8 Å². The molecule has 0 amide bonds. The largest absolute Gasteiger partial charge is 0.494 e. The molecule has 1 fully saturated rings. The first-order valence-corrected chi connectivity index (χ1v) is 12.5. The molecular weight excluding hydrogens is 432 g/mol. The van der Waals surface area contributed by atoms with Crippen LogP contribution >= 0.6 is 11.8 Å². The van der Waals surface area contributed by atoms with Gasteiger partial charge in [-0.3, -0.25) is 0 Å². The average Bonchev–Trinajstić information content (AvgIpc) is 2.85. The number of aromatic nitrogens is 3. The highest BCUT2D eigenvalue weighted by Crippen LogP contribution is 2.34. The lowest BCUT2D eigenvalue weighted by molar-refractivity contribution is 0.312. The number of benzene rings is 1. The summed E-state index contributed by atoms with van der Waals surface area (Å²) < 4.78 is 5.77. The Morgan fingerprint density at radius 1 is 1.06 bits per heavy atom. The van der Waals surface area contributed by atoms with Gasteiger partial charge in [0.15, 0.2) is 0 Å². The molecule has 1 N–H and O–H groups in total. The molecule has 0 spiro atoms. The van der Waals surface area contributed by atoms with Crippen molar-refractivity contribution in [2.75, 3.05) is 55.9 Å². The van der Waals surface area contributed by atoms with E-state index in [1.807, 2.05) is 43.1 Å². The molecule has 33 heavy (non-hydrogen) atoms. The van der Waals surface area contributed by atoms with Gasteiger partial charge in [-0.15, -0.1) is 11.8 Å². The van der Waals surface area contributed by atoms with Crippen LogP contribution in [0.15, 0.2) is 55.0 Å². The molecule has 2 aromatic heterocycles. The van der Waals surface area contributed by atoms with Gasteiger partial charge in [0.2, 0.25) is 0 Å². The average molecular weight is 465 g/mol. The lowest BCUT2D eigenvalue weighted by atomic mass is 10.1. The molecule has 3 aromatic rings. The molecule has 8 heteroatoms. The van der Waals surface area contributed by atoms with Crippen LogP contribution in [-0.4, -0.2) is 65.6 Å². The predicted molar refractivity (Wildman–Crippen MR) is 137 cm³/mol. The summed E-state index contributed by atoms with van der Waals surface area (Å²) in [5.74, 6) is 3.52. The molecule has 1 aromatic carbocycles. The zero-order valence-corrected chi connectivity index (χ0v) is 20.4. The number of hydrogen-bond acceptors (Lipinski definition) is 8. The molecular formula is C25H32N6OS. The van der Waals surface area contributed by atoms with Crippen molar-refractivity contribution in [2.24, 2.45) is 0 Å². The van der Waals surface area contributed by atoms with Crippen molar-refractivity contribution < 1.29 is 4.74 Å². The fourth-order valence-electron chi connectivity index (χ4n) is 3.81. The van der Waals surface area contributed by atoms with Gasteiger partial charge >= 0.3 is 0 Å².